The SMILES string of the molecule is O=C(c1cscc1C(F)(F)F)C1(O)CCCCCC1. The maximum atomic E-state index is 12.8. The van der Waals surface area contributed by atoms with Gasteiger partial charge in [0.2, 0.25) is 0 Å². The fourth-order valence-electron chi connectivity index (χ4n) is 2.48. The van der Waals surface area contributed by atoms with Crippen LogP contribution in [0.25, 0.3) is 0 Å². The van der Waals surface area contributed by atoms with Crippen LogP contribution in [0.2, 0.25) is 0 Å². The van der Waals surface area contributed by atoms with Gasteiger partial charge in [-0.05, 0) is 12.8 Å². The molecular weight excluding hydrogens is 277 g/mol. The molecule has 1 fully saturated rings. The van der Waals surface area contributed by atoms with E-state index in [9.17, 15) is 23.1 Å². The van der Waals surface area contributed by atoms with Gasteiger partial charge in [0.05, 0.1) is 5.56 Å². The summed E-state index contributed by atoms with van der Waals surface area (Å²) in [5.41, 5.74) is -2.94. The maximum absolute atomic E-state index is 12.8. The number of halogens is 3. The van der Waals surface area contributed by atoms with E-state index in [1.807, 2.05) is 0 Å². The molecule has 0 aliphatic heterocycles. The minimum Gasteiger partial charge on any atom is -0.382 e. The van der Waals surface area contributed by atoms with Gasteiger partial charge in [-0.15, -0.1) is 0 Å². The smallest absolute Gasteiger partial charge is 0.382 e. The minimum atomic E-state index is -4.55. The van der Waals surface area contributed by atoms with Crippen LogP contribution in [0.1, 0.15) is 54.4 Å². The first-order valence-corrected chi connectivity index (χ1v) is 7.19. The van der Waals surface area contributed by atoms with Crippen LogP contribution in [-0.2, 0) is 6.18 Å². The van der Waals surface area contributed by atoms with Crippen molar-refractivity contribution in [2.24, 2.45) is 0 Å². The van der Waals surface area contributed by atoms with Gasteiger partial charge in [0, 0.05) is 16.3 Å². The molecule has 106 valence electrons. The molecule has 1 aliphatic rings. The van der Waals surface area contributed by atoms with Crippen LogP contribution in [0.3, 0.4) is 0 Å². The number of carbonyl (C=O) groups is 1. The van der Waals surface area contributed by atoms with Gasteiger partial charge in [-0.2, -0.15) is 24.5 Å². The number of thiophene rings is 1. The molecule has 2 nitrogen and oxygen atoms in total. The van der Waals surface area contributed by atoms with E-state index in [0.29, 0.717) is 12.8 Å². The monoisotopic (exact) mass is 292 g/mol. The molecule has 0 unspecified atom stereocenters. The fourth-order valence-corrected chi connectivity index (χ4v) is 3.32. The summed E-state index contributed by atoms with van der Waals surface area (Å²) in [6, 6.07) is 0. The molecule has 0 bridgehead atoms. The van der Waals surface area contributed by atoms with Crippen LogP contribution in [0.5, 0.6) is 0 Å². The molecule has 6 heteroatoms. The van der Waals surface area contributed by atoms with Crippen molar-refractivity contribution in [3.63, 3.8) is 0 Å². The molecule has 0 aromatic carbocycles. The zero-order valence-corrected chi connectivity index (χ0v) is 11.1. The second kappa shape index (κ2) is 5.25. The lowest BCUT2D eigenvalue weighted by molar-refractivity contribution is -0.137. The highest BCUT2D eigenvalue weighted by atomic mass is 32.1. The Bertz CT molecular complexity index is 457. The average Bonchev–Trinajstić information content (AvgIpc) is 2.72. The Morgan fingerprint density at radius 3 is 2.26 bits per heavy atom. The Labute approximate surface area is 113 Å². The molecule has 1 heterocycles. The topological polar surface area (TPSA) is 37.3 Å². The van der Waals surface area contributed by atoms with Crippen molar-refractivity contribution in [2.75, 3.05) is 0 Å². The third-order valence-electron chi connectivity index (χ3n) is 3.57. The maximum Gasteiger partial charge on any atom is 0.417 e. The standard InChI is InChI=1S/C13H15F3O2S/c14-13(15,16)10-8-19-7-9(10)11(17)12(18)5-3-1-2-4-6-12/h7-8,18H,1-6H2. The molecule has 0 spiro atoms. The second-order valence-electron chi connectivity index (χ2n) is 4.97. The Morgan fingerprint density at radius 1 is 1.16 bits per heavy atom. The lowest BCUT2D eigenvalue weighted by atomic mass is 9.86. The molecule has 0 amide bonds. The first-order chi connectivity index (χ1) is 8.84. The Balaban J connectivity index is 2.31. The highest BCUT2D eigenvalue weighted by Crippen LogP contribution is 2.38. The Morgan fingerprint density at radius 2 is 1.74 bits per heavy atom. The van der Waals surface area contributed by atoms with Crippen LogP contribution >= 0.6 is 11.3 Å². The predicted molar refractivity (Wildman–Crippen MR) is 66.3 cm³/mol. The molecule has 1 saturated carbocycles. The summed E-state index contributed by atoms with van der Waals surface area (Å²) < 4.78 is 38.4. The zero-order valence-electron chi connectivity index (χ0n) is 10.3. The third-order valence-corrected chi connectivity index (χ3v) is 4.31. The summed E-state index contributed by atoms with van der Waals surface area (Å²) in [4.78, 5) is 12.3. The van der Waals surface area contributed by atoms with E-state index < -0.39 is 23.1 Å². The highest BCUT2D eigenvalue weighted by Gasteiger charge is 2.42. The van der Waals surface area contributed by atoms with Gasteiger partial charge in [0.25, 0.3) is 0 Å². The van der Waals surface area contributed by atoms with E-state index in [1.165, 1.54) is 5.38 Å². The summed E-state index contributed by atoms with van der Waals surface area (Å²) >= 11 is 0.837. The lowest BCUT2D eigenvalue weighted by Gasteiger charge is -2.25. The molecule has 0 atom stereocenters. The van der Waals surface area contributed by atoms with E-state index in [1.54, 1.807) is 0 Å². The normalized spacial score (nSPS) is 20.0. The number of carbonyl (C=O) groups excluding carboxylic acids is 1. The molecule has 0 saturated heterocycles. The van der Waals surface area contributed by atoms with Crippen LogP contribution < -0.4 is 0 Å². The Kier molecular flexibility index (Phi) is 4.01. The number of rotatable bonds is 2. The van der Waals surface area contributed by atoms with Crippen molar-refractivity contribution in [3.05, 3.63) is 21.9 Å². The number of aliphatic hydroxyl groups is 1. The molecular formula is C13H15F3O2S. The minimum absolute atomic E-state index is 0.249. The summed E-state index contributed by atoms with van der Waals surface area (Å²) in [6.07, 6.45) is -0.887. The number of ketones is 1. The first-order valence-electron chi connectivity index (χ1n) is 6.25. The molecule has 19 heavy (non-hydrogen) atoms. The van der Waals surface area contributed by atoms with E-state index in [0.717, 1.165) is 29.6 Å². The average molecular weight is 292 g/mol. The summed E-state index contributed by atoms with van der Waals surface area (Å²) in [6.45, 7) is 0. The highest BCUT2D eigenvalue weighted by molar-refractivity contribution is 7.08. The van der Waals surface area contributed by atoms with E-state index in [4.69, 9.17) is 0 Å². The third kappa shape index (κ3) is 3.00. The van der Waals surface area contributed by atoms with Crippen LogP contribution in [0.15, 0.2) is 10.8 Å². The van der Waals surface area contributed by atoms with E-state index in [-0.39, 0.29) is 18.4 Å². The quantitative estimate of drug-likeness (QED) is 0.660. The van der Waals surface area contributed by atoms with Crippen molar-refractivity contribution in [1.29, 1.82) is 0 Å². The molecule has 1 aromatic heterocycles. The second-order valence-corrected chi connectivity index (χ2v) is 5.72. The molecule has 1 aliphatic carbocycles. The predicted octanol–water partition coefficient (Wildman–Crippen LogP) is 4.03. The van der Waals surface area contributed by atoms with E-state index in [2.05, 4.69) is 0 Å². The van der Waals surface area contributed by atoms with Gasteiger partial charge in [-0.3, -0.25) is 4.79 Å². The summed E-state index contributed by atoms with van der Waals surface area (Å²) in [7, 11) is 0. The summed E-state index contributed by atoms with van der Waals surface area (Å²) in [5, 5.41) is 12.5. The van der Waals surface area contributed by atoms with Crippen molar-refractivity contribution in [2.45, 2.75) is 50.3 Å². The van der Waals surface area contributed by atoms with Gasteiger partial charge in [-0.1, -0.05) is 25.7 Å². The van der Waals surface area contributed by atoms with Gasteiger partial charge in [-0.25, -0.2) is 0 Å². The fraction of sp³-hybridized carbons (Fsp3) is 0.615. The molecule has 1 aromatic rings. The lowest BCUT2D eigenvalue weighted by Crippen LogP contribution is -2.38. The van der Waals surface area contributed by atoms with Crippen molar-refractivity contribution in [3.8, 4) is 0 Å². The number of alkyl halides is 3. The number of hydrogen-bond acceptors (Lipinski definition) is 3. The molecule has 2 rings (SSSR count). The zero-order chi connectivity index (χ0) is 14.1. The first kappa shape index (κ1) is 14.5. The number of hydrogen-bond donors (Lipinski definition) is 1. The van der Waals surface area contributed by atoms with E-state index >= 15 is 0 Å². The van der Waals surface area contributed by atoms with Crippen LogP contribution in [-0.4, -0.2) is 16.5 Å². The molecule has 0 radical (unpaired) electrons. The Hall–Kier alpha value is -0.880. The van der Waals surface area contributed by atoms with Gasteiger partial charge in [0.15, 0.2) is 5.78 Å². The van der Waals surface area contributed by atoms with Gasteiger partial charge < -0.3 is 5.11 Å². The molecule has 1 N–H and O–H groups in total. The summed E-state index contributed by atoms with van der Waals surface area (Å²) in [5.74, 6) is -0.775. The van der Waals surface area contributed by atoms with Crippen molar-refractivity contribution >= 4 is 17.1 Å². The van der Waals surface area contributed by atoms with Crippen molar-refractivity contribution in [1.82, 2.24) is 0 Å². The van der Waals surface area contributed by atoms with Crippen LogP contribution in [0, 0.1) is 0 Å². The number of Topliss-reactive ketones (excluding diaryl/α,β-unsaturated/α-hetero) is 1. The van der Waals surface area contributed by atoms with Gasteiger partial charge >= 0.3 is 6.18 Å². The van der Waals surface area contributed by atoms with Gasteiger partial charge in [0.1, 0.15) is 5.60 Å². The van der Waals surface area contributed by atoms with Crippen molar-refractivity contribution < 1.29 is 23.1 Å². The largest absolute Gasteiger partial charge is 0.417 e. The van der Waals surface area contributed by atoms with Crippen LogP contribution in [0.4, 0.5) is 13.2 Å².